The second-order valence-electron chi connectivity index (χ2n) is 5.46. The van der Waals surface area contributed by atoms with Gasteiger partial charge in [0.2, 0.25) is 15.9 Å². The molecule has 1 N–H and O–H groups in total. The molecule has 0 unspecified atom stereocenters. The molecule has 0 saturated carbocycles. The van der Waals surface area contributed by atoms with Crippen molar-refractivity contribution < 1.29 is 13.2 Å². The Morgan fingerprint density at radius 2 is 1.95 bits per heavy atom. The summed E-state index contributed by atoms with van der Waals surface area (Å²) in [6.45, 7) is 3.20. The molecule has 1 aromatic carbocycles. The molecular formula is C14H18Cl2N2O3S. The van der Waals surface area contributed by atoms with Crippen molar-refractivity contribution in [2.75, 3.05) is 19.6 Å². The maximum atomic E-state index is 12.2. The fourth-order valence-electron chi connectivity index (χ4n) is 2.29. The van der Waals surface area contributed by atoms with E-state index in [0.717, 1.165) is 12.8 Å². The highest BCUT2D eigenvalue weighted by molar-refractivity contribution is 7.89. The van der Waals surface area contributed by atoms with Gasteiger partial charge in [0.25, 0.3) is 0 Å². The van der Waals surface area contributed by atoms with Crippen LogP contribution in [0.4, 0.5) is 0 Å². The van der Waals surface area contributed by atoms with Crippen molar-refractivity contribution in [3.8, 4) is 0 Å². The molecule has 1 aliphatic heterocycles. The van der Waals surface area contributed by atoms with Crippen LogP contribution < -0.4 is 4.72 Å². The highest BCUT2D eigenvalue weighted by atomic mass is 35.5. The lowest BCUT2D eigenvalue weighted by Gasteiger charge is -2.30. The van der Waals surface area contributed by atoms with Crippen molar-refractivity contribution in [2.45, 2.75) is 24.7 Å². The summed E-state index contributed by atoms with van der Waals surface area (Å²) in [5, 5.41) is 0.331. The third-order valence-corrected chi connectivity index (χ3v) is 5.85. The zero-order valence-corrected chi connectivity index (χ0v) is 14.5. The molecule has 1 heterocycles. The second kappa shape index (κ2) is 7.17. The zero-order chi connectivity index (χ0) is 16.3. The van der Waals surface area contributed by atoms with Gasteiger partial charge in [-0.05, 0) is 37.0 Å². The summed E-state index contributed by atoms with van der Waals surface area (Å²) in [6.07, 6.45) is 1.89. The van der Waals surface area contributed by atoms with Gasteiger partial charge < -0.3 is 4.90 Å². The Bertz CT molecular complexity index is 656. The molecule has 1 amide bonds. The Kier molecular flexibility index (Phi) is 5.71. The van der Waals surface area contributed by atoms with E-state index in [1.807, 2.05) is 0 Å². The SMILES string of the molecule is CC1CCN(C(=O)CNS(=O)(=O)c2cc(Cl)ccc2Cl)CC1. The molecule has 0 bridgehead atoms. The minimum Gasteiger partial charge on any atom is -0.342 e. The largest absolute Gasteiger partial charge is 0.342 e. The molecule has 5 nitrogen and oxygen atoms in total. The van der Waals surface area contributed by atoms with Gasteiger partial charge in [-0.15, -0.1) is 0 Å². The number of hydrogen-bond donors (Lipinski definition) is 1. The molecule has 0 aromatic heterocycles. The van der Waals surface area contributed by atoms with Crippen molar-refractivity contribution in [2.24, 2.45) is 5.92 Å². The van der Waals surface area contributed by atoms with Gasteiger partial charge in [-0.25, -0.2) is 13.1 Å². The predicted molar refractivity (Wildman–Crippen MR) is 86.6 cm³/mol. The quantitative estimate of drug-likeness (QED) is 0.892. The Morgan fingerprint density at radius 3 is 2.59 bits per heavy atom. The van der Waals surface area contributed by atoms with E-state index in [0.29, 0.717) is 19.0 Å². The number of hydrogen-bond acceptors (Lipinski definition) is 3. The van der Waals surface area contributed by atoms with Crippen molar-refractivity contribution in [3.05, 3.63) is 28.2 Å². The van der Waals surface area contributed by atoms with E-state index in [9.17, 15) is 13.2 Å². The molecule has 0 spiro atoms. The Balaban J connectivity index is 2.00. The zero-order valence-electron chi connectivity index (χ0n) is 12.2. The summed E-state index contributed by atoms with van der Waals surface area (Å²) in [5.74, 6) is 0.375. The summed E-state index contributed by atoms with van der Waals surface area (Å²) in [5.41, 5.74) is 0. The average Bonchev–Trinajstić information content (AvgIpc) is 2.48. The number of benzene rings is 1. The van der Waals surface area contributed by atoms with Gasteiger partial charge in [0.15, 0.2) is 0 Å². The van der Waals surface area contributed by atoms with Crippen molar-refractivity contribution in [3.63, 3.8) is 0 Å². The smallest absolute Gasteiger partial charge is 0.242 e. The van der Waals surface area contributed by atoms with Crippen LogP contribution >= 0.6 is 23.2 Å². The molecule has 1 saturated heterocycles. The average molecular weight is 365 g/mol. The summed E-state index contributed by atoms with van der Waals surface area (Å²) in [7, 11) is -3.87. The molecular weight excluding hydrogens is 347 g/mol. The summed E-state index contributed by atoms with van der Waals surface area (Å²) >= 11 is 11.7. The third kappa shape index (κ3) is 4.35. The lowest BCUT2D eigenvalue weighted by Crippen LogP contribution is -2.43. The van der Waals surface area contributed by atoms with Crippen LogP contribution in [-0.4, -0.2) is 38.9 Å². The number of likely N-dealkylation sites (tertiary alicyclic amines) is 1. The molecule has 0 atom stereocenters. The van der Waals surface area contributed by atoms with Gasteiger partial charge in [0.1, 0.15) is 4.90 Å². The first-order chi connectivity index (χ1) is 10.3. The molecule has 8 heteroatoms. The maximum absolute atomic E-state index is 12.2. The molecule has 1 aromatic rings. The number of nitrogens with one attached hydrogen (secondary N) is 1. The lowest BCUT2D eigenvalue weighted by molar-refractivity contribution is -0.131. The van der Waals surface area contributed by atoms with E-state index in [1.165, 1.54) is 18.2 Å². The number of amides is 1. The Hall–Kier alpha value is -0.820. The van der Waals surface area contributed by atoms with E-state index in [4.69, 9.17) is 23.2 Å². The monoisotopic (exact) mass is 364 g/mol. The molecule has 122 valence electrons. The minimum absolute atomic E-state index is 0.0659. The molecule has 0 aliphatic carbocycles. The van der Waals surface area contributed by atoms with Crippen LogP contribution in [-0.2, 0) is 14.8 Å². The molecule has 1 fully saturated rings. The van der Waals surface area contributed by atoms with Crippen LogP contribution in [0.5, 0.6) is 0 Å². The molecule has 0 radical (unpaired) electrons. The van der Waals surface area contributed by atoms with Crippen LogP contribution in [0.2, 0.25) is 10.0 Å². The van der Waals surface area contributed by atoms with E-state index >= 15 is 0 Å². The van der Waals surface area contributed by atoms with Crippen LogP contribution in [0.15, 0.2) is 23.1 Å². The van der Waals surface area contributed by atoms with Crippen LogP contribution in [0.3, 0.4) is 0 Å². The fourth-order valence-corrected chi connectivity index (χ4v) is 4.02. The maximum Gasteiger partial charge on any atom is 0.242 e. The number of carbonyl (C=O) groups excluding carboxylic acids is 1. The van der Waals surface area contributed by atoms with Gasteiger partial charge in [0, 0.05) is 18.1 Å². The Labute approximate surface area is 140 Å². The normalized spacial score (nSPS) is 16.8. The van der Waals surface area contributed by atoms with Gasteiger partial charge in [-0.2, -0.15) is 0 Å². The summed E-state index contributed by atoms with van der Waals surface area (Å²) in [4.78, 5) is 13.6. The van der Waals surface area contributed by atoms with Gasteiger partial charge in [0.05, 0.1) is 11.6 Å². The van der Waals surface area contributed by atoms with Crippen molar-refractivity contribution >= 4 is 39.1 Å². The van der Waals surface area contributed by atoms with E-state index in [1.54, 1.807) is 4.90 Å². The number of nitrogens with zero attached hydrogens (tertiary/aromatic N) is 1. The van der Waals surface area contributed by atoms with Crippen molar-refractivity contribution in [1.82, 2.24) is 9.62 Å². The first-order valence-corrected chi connectivity index (χ1v) is 9.26. The van der Waals surface area contributed by atoms with Gasteiger partial charge in [-0.3, -0.25) is 4.79 Å². The second-order valence-corrected chi connectivity index (χ2v) is 8.04. The summed E-state index contributed by atoms with van der Waals surface area (Å²) in [6, 6.07) is 4.18. The number of sulfonamides is 1. The van der Waals surface area contributed by atoms with E-state index in [2.05, 4.69) is 11.6 Å². The standard InChI is InChI=1S/C14H18Cl2N2O3S/c1-10-4-6-18(7-5-10)14(19)9-17-22(20,21)13-8-11(15)2-3-12(13)16/h2-3,8,10,17H,4-7,9H2,1H3. The highest BCUT2D eigenvalue weighted by Crippen LogP contribution is 2.24. The van der Waals surface area contributed by atoms with Crippen LogP contribution in [0.25, 0.3) is 0 Å². The fraction of sp³-hybridized carbons (Fsp3) is 0.500. The molecule has 2 rings (SSSR count). The van der Waals surface area contributed by atoms with Gasteiger partial charge in [-0.1, -0.05) is 30.1 Å². The summed E-state index contributed by atoms with van der Waals surface area (Å²) < 4.78 is 26.7. The first kappa shape index (κ1) is 17.5. The van der Waals surface area contributed by atoms with Crippen LogP contribution in [0, 0.1) is 5.92 Å². The van der Waals surface area contributed by atoms with E-state index < -0.39 is 10.0 Å². The van der Waals surface area contributed by atoms with Gasteiger partial charge >= 0.3 is 0 Å². The molecule has 1 aliphatic rings. The number of rotatable bonds is 4. The minimum atomic E-state index is -3.87. The Morgan fingerprint density at radius 1 is 1.32 bits per heavy atom. The van der Waals surface area contributed by atoms with E-state index in [-0.39, 0.29) is 27.4 Å². The topological polar surface area (TPSA) is 66.5 Å². The van der Waals surface area contributed by atoms with Crippen LogP contribution in [0.1, 0.15) is 19.8 Å². The van der Waals surface area contributed by atoms with Crippen molar-refractivity contribution in [1.29, 1.82) is 0 Å². The number of carbonyl (C=O) groups is 1. The third-order valence-electron chi connectivity index (χ3n) is 3.73. The predicted octanol–water partition coefficient (Wildman–Crippen LogP) is 2.53. The number of piperidine rings is 1. The lowest BCUT2D eigenvalue weighted by atomic mass is 9.99. The first-order valence-electron chi connectivity index (χ1n) is 7.02. The molecule has 22 heavy (non-hydrogen) atoms. The number of halogens is 2. The highest BCUT2D eigenvalue weighted by Gasteiger charge is 2.23.